The summed E-state index contributed by atoms with van der Waals surface area (Å²) in [6, 6.07) is 2.22. The van der Waals surface area contributed by atoms with Crippen LogP contribution in [0.25, 0.3) is 0 Å². The topological polar surface area (TPSA) is 127 Å². The van der Waals surface area contributed by atoms with Crippen LogP contribution in [-0.4, -0.2) is 22.2 Å². The smallest absolute Gasteiger partial charge is 0.337 e. The summed E-state index contributed by atoms with van der Waals surface area (Å²) in [4.78, 5) is 21.1. The molecule has 1 aromatic rings. The summed E-state index contributed by atoms with van der Waals surface area (Å²) in [5.41, 5.74) is 9.85. The van der Waals surface area contributed by atoms with Crippen LogP contribution in [-0.2, 0) is 17.1 Å². The largest absolute Gasteiger partial charge is 0.478 e. The number of anilines is 2. The van der Waals surface area contributed by atoms with Gasteiger partial charge in [0.2, 0.25) is 0 Å². The number of aromatic carboxylic acids is 2. The molecule has 0 aliphatic carbocycles. The van der Waals surface area contributed by atoms with Crippen LogP contribution in [0, 0.1) is 0 Å². The predicted molar refractivity (Wildman–Crippen MR) is 49.2 cm³/mol. The molecule has 0 spiro atoms. The number of nitrogen functional groups attached to an aromatic ring is 2. The van der Waals surface area contributed by atoms with E-state index in [1.807, 2.05) is 0 Å². The van der Waals surface area contributed by atoms with Crippen LogP contribution in [0.4, 0.5) is 11.4 Å². The molecule has 0 amide bonds. The summed E-state index contributed by atoms with van der Waals surface area (Å²) in [5.74, 6) is -2.49. The number of nitrogens with two attached hydrogens (primary N) is 2. The second-order valence-electron chi connectivity index (χ2n) is 2.60. The Hall–Kier alpha value is -1.72. The van der Waals surface area contributed by atoms with Crippen molar-refractivity contribution < 1.29 is 36.9 Å². The molecule has 0 aromatic heterocycles. The predicted octanol–water partition coefficient (Wildman–Crippen LogP) is 0.245. The molecular formula is C8H8FeN2O4. The molecule has 0 radical (unpaired) electrons. The number of rotatable bonds is 2. The van der Waals surface area contributed by atoms with E-state index >= 15 is 0 Å². The van der Waals surface area contributed by atoms with Gasteiger partial charge < -0.3 is 21.7 Å². The summed E-state index contributed by atoms with van der Waals surface area (Å²) in [5, 5.41) is 17.3. The second-order valence-corrected chi connectivity index (χ2v) is 2.60. The van der Waals surface area contributed by atoms with E-state index in [0.717, 1.165) is 12.1 Å². The van der Waals surface area contributed by atoms with Crippen molar-refractivity contribution in [2.24, 2.45) is 0 Å². The second kappa shape index (κ2) is 4.68. The van der Waals surface area contributed by atoms with E-state index in [9.17, 15) is 9.59 Å². The van der Waals surface area contributed by atoms with Crippen molar-refractivity contribution in [1.29, 1.82) is 0 Å². The van der Waals surface area contributed by atoms with Gasteiger partial charge in [0.05, 0.1) is 22.5 Å². The van der Waals surface area contributed by atoms with Crippen LogP contribution in [0.2, 0.25) is 0 Å². The van der Waals surface area contributed by atoms with Crippen LogP contribution in [0.1, 0.15) is 20.7 Å². The molecule has 0 bridgehead atoms. The van der Waals surface area contributed by atoms with Crippen molar-refractivity contribution in [1.82, 2.24) is 0 Å². The van der Waals surface area contributed by atoms with E-state index in [0.29, 0.717) is 0 Å². The van der Waals surface area contributed by atoms with Gasteiger partial charge in [0.1, 0.15) is 0 Å². The molecule has 0 fully saturated rings. The number of hydrogen-bond donors (Lipinski definition) is 4. The third kappa shape index (κ3) is 2.39. The molecule has 0 unspecified atom stereocenters. The van der Waals surface area contributed by atoms with Gasteiger partial charge in [0.25, 0.3) is 0 Å². The Morgan fingerprint density at radius 2 is 1.20 bits per heavy atom. The van der Waals surface area contributed by atoms with Gasteiger partial charge in [-0.15, -0.1) is 0 Å². The molecule has 1 aromatic carbocycles. The number of carboxylic acids is 2. The van der Waals surface area contributed by atoms with E-state index in [2.05, 4.69) is 0 Å². The van der Waals surface area contributed by atoms with Gasteiger partial charge in [-0.3, -0.25) is 0 Å². The van der Waals surface area contributed by atoms with Crippen molar-refractivity contribution in [2.75, 3.05) is 11.5 Å². The van der Waals surface area contributed by atoms with E-state index in [1.54, 1.807) is 0 Å². The van der Waals surface area contributed by atoms with Gasteiger partial charge in [-0.2, -0.15) is 0 Å². The van der Waals surface area contributed by atoms with Crippen LogP contribution in [0.15, 0.2) is 12.1 Å². The van der Waals surface area contributed by atoms with Crippen LogP contribution >= 0.6 is 0 Å². The van der Waals surface area contributed by atoms with Crippen molar-refractivity contribution in [2.45, 2.75) is 0 Å². The third-order valence-electron chi connectivity index (χ3n) is 1.75. The molecule has 7 heteroatoms. The summed E-state index contributed by atoms with van der Waals surface area (Å²) in [7, 11) is 0. The third-order valence-corrected chi connectivity index (χ3v) is 1.75. The van der Waals surface area contributed by atoms with Crippen LogP contribution in [0.5, 0.6) is 0 Å². The zero-order valence-corrected chi connectivity index (χ0v) is 8.48. The van der Waals surface area contributed by atoms with Gasteiger partial charge in [-0.25, -0.2) is 9.59 Å². The maximum Gasteiger partial charge on any atom is 0.337 e. The summed E-state index contributed by atoms with van der Waals surface area (Å²) >= 11 is 0. The maximum atomic E-state index is 10.6. The van der Waals surface area contributed by atoms with Gasteiger partial charge in [0.15, 0.2) is 0 Å². The normalized spacial score (nSPS) is 9.07. The van der Waals surface area contributed by atoms with Gasteiger partial charge in [0, 0.05) is 17.1 Å². The Kier molecular flexibility index (Phi) is 4.14. The average Bonchev–Trinajstić information content (AvgIpc) is 2.08. The Bertz CT molecular complexity index is 380. The number of carbonyl (C=O) groups is 2. The first-order valence-electron chi connectivity index (χ1n) is 3.59. The summed E-state index contributed by atoms with van der Waals surface area (Å²) < 4.78 is 0. The number of hydrogen-bond acceptors (Lipinski definition) is 4. The van der Waals surface area contributed by atoms with Crippen LogP contribution < -0.4 is 11.5 Å². The molecule has 6 nitrogen and oxygen atoms in total. The fourth-order valence-corrected chi connectivity index (χ4v) is 1.01. The molecule has 15 heavy (non-hydrogen) atoms. The minimum Gasteiger partial charge on any atom is -0.478 e. The Balaban J connectivity index is 0.00000196. The fourth-order valence-electron chi connectivity index (χ4n) is 1.01. The minimum absolute atomic E-state index is 0. The molecule has 0 saturated carbocycles. The quantitative estimate of drug-likeness (QED) is 0.441. The minimum atomic E-state index is -1.24. The van der Waals surface area contributed by atoms with E-state index in [1.165, 1.54) is 0 Å². The zero-order valence-electron chi connectivity index (χ0n) is 7.37. The fraction of sp³-hybridized carbons (Fsp3) is 0. The monoisotopic (exact) mass is 252 g/mol. The molecule has 82 valence electrons. The molecule has 0 aliphatic heterocycles. The Morgan fingerprint density at radius 1 is 0.933 bits per heavy atom. The number of benzene rings is 1. The molecule has 0 atom stereocenters. The van der Waals surface area contributed by atoms with E-state index in [4.69, 9.17) is 21.7 Å². The van der Waals surface area contributed by atoms with Gasteiger partial charge in [-0.05, 0) is 12.1 Å². The molecular weight excluding hydrogens is 244 g/mol. The van der Waals surface area contributed by atoms with Gasteiger partial charge in [-0.1, -0.05) is 0 Å². The molecule has 0 saturated heterocycles. The maximum absolute atomic E-state index is 10.6. The van der Waals surface area contributed by atoms with Crippen molar-refractivity contribution in [3.63, 3.8) is 0 Å². The van der Waals surface area contributed by atoms with Crippen molar-refractivity contribution in [3.05, 3.63) is 23.3 Å². The van der Waals surface area contributed by atoms with Crippen molar-refractivity contribution >= 4 is 23.3 Å². The zero-order chi connectivity index (χ0) is 10.9. The average molecular weight is 252 g/mol. The van der Waals surface area contributed by atoms with E-state index < -0.39 is 11.9 Å². The standard InChI is InChI=1S/C8H8N2O4.Fe/c9-5-3(7(11)12)1-2-4(6(5)10)8(13)14;/h1-2H,9-10H2,(H,11,12)(H,13,14);. The summed E-state index contributed by atoms with van der Waals surface area (Å²) in [6.45, 7) is 0. The first-order valence-corrected chi connectivity index (χ1v) is 3.59. The molecule has 6 N–H and O–H groups in total. The van der Waals surface area contributed by atoms with Crippen LogP contribution in [0.3, 0.4) is 0 Å². The molecule has 1 rings (SSSR count). The summed E-state index contributed by atoms with van der Waals surface area (Å²) in [6.07, 6.45) is 0. The number of carboxylic acid groups (broad SMARTS) is 2. The Morgan fingerprint density at radius 3 is 1.40 bits per heavy atom. The molecule has 0 heterocycles. The van der Waals surface area contributed by atoms with Gasteiger partial charge >= 0.3 is 11.9 Å². The molecule has 0 aliphatic rings. The Labute approximate surface area is 95.3 Å². The first-order chi connectivity index (χ1) is 6.45. The SMILES string of the molecule is Nc1c(C(=O)O)ccc(C(=O)O)c1N.[Fe]. The van der Waals surface area contributed by atoms with E-state index in [-0.39, 0.29) is 39.6 Å². The van der Waals surface area contributed by atoms with Crippen molar-refractivity contribution in [3.8, 4) is 0 Å². The first kappa shape index (κ1) is 13.3.